The molecule has 34 heavy (non-hydrogen) atoms. The first kappa shape index (κ1) is 20.6. The summed E-state index contributed by atoms with van der Waals surface area (Å²) in [7, 11) is 0. The van der Waals surface area contributed by atoms with E-state index in [0.717, 1.165) is 46.3 Å². The van der Waals surface area contributed by atoms with Gasteiger partial charge in [0.05, 0.1) is 11.6 Å². The van der Waals surface area contributed by atoms with Gasteiger partial charge in [-0.15, -0.1) is 0 Å². The van der Waals surface area contributed by atoms with Crippen LogP contribution in [0.15, 0.2) is 77.8 Å². The number of urea groups is 1. The summed E-state index contributed by atoms with van der Waals surface area (Å²) in [6, 6.07) is 23.8. The van der Waals surface area contributed by atoms with E-state index in [1.807, 2.05) is 71.6 Å². The number of hydrogen-bond acceptors (Lipinski definition) is 5. The van der Waals surface area contributed by atoms with Gasteiger partial charge in [0.1, 0.15) is 29.6 Å². The van der Waals surface area contributed by atoms with Crippen molar-refractivity contribution in [3.05, 3.63) is 83.9 Å². The molecule has 3 aromatic rings. The molecule has 1 unspecified atom stereocenters. The van der Waals surface area contributed by atoms with E-state index in [9.17, 15) is 4.79 Å². The number of carbonyl (C=O) groups is 1. The van der Waals surface area contributed by atoms with Gasteiger partial charge in [0, 0.05) is 26.2 Å². The Labute approximate surface area is 198 Å². The highest BCUT2D eigenvalue weighted by molar-refractivity contribution is 6.03. The minimum absolute atomic E-state index is 0.0211. The quantitative estimate of drug-likeness (QED) is 0.599. The summed E-state index contributed by atoms with van der Waals surface area (Å²) in [4.78, 5) is 22.1. The number of carbonyl (C=O) groups excluding carboxylic acids is 1. The fourth-order valence-electron chi connectivity index (χ4n) is 4.72. The van der Waals surface area contributed by atoms with Gasteiger partial charge in [0.15, 0.2) is 5.75 Å². The predicted molar refractivity (Wildman–Crippen MR) is 130 cm³/mol. The molecule has 0 spiro atoms. The average Bonchev–Trinajstić information content (AvgIpc) is 3.05. The number of para-hydroxylation sites is 4. The van der Waals surface area contributed by atoms with Gasteiger partial charge >= 0.3 is 6.03 Å². The van der Waals surface area contributed by atoms with Crippen LogP contribution in [0.3, 0.4) is 0 Å². The van der Waals surface area contributed by atoms with Crippen LogP contribution in [0.4, 0.5) is 10.5 Å². The van der Waals surface area contributed by atoms with E-state index >= 15 is 0 Å². The Kier molecular flexibility index (Phi) is 5.30. The lowest BCUT2D eigenvalue weighted by Gasteiger charge is -2.37. The van der Waals surface area contributed by atoms with Crippen LogP contribution in [-0.4, -0.2) is 60.5 Å². The predicted octanol–water partition coefficient (Wildman–Crippen LogP) is 4.20. The van der Waals surface area contributed by atoms with Crippen LogP contribution in [0.1, 0.15) is 11.1 Å². The lowest BCUT2D eigenvalue weighted by Crippen LogP contribution is -2.56. The first-order valence-electron chi connectivity index (χ1n) is 11.7. The third-order valence-electron chi connectivity index (χ3n) is 6.51. The van der Waals surface area contributed by atoms with Crippen LogP contribution in [0.25, 0.3) is 0 Å². The molecule has 1 N–H and O–H groups in total. The topological polar surface area (TPSA) is 66.4 Å². The van der Waals surface area contributed by atoms with Crippen molar-refractivity contribution in [2.75, 3.05) is 32.8 Å². The van der Waals surface area contributed by atoms with Crippen molar-refractivity contribution in [1.29, 1.82) is 0 Å². The number of amides is 2. The maximum absolute atomic E-state index is 13.0. The highest BCUT2D eigenvalue weighted by Gasteiger charge is 2.29. The normalized spacial score (nSPS) is 18.8. The SMILES string of the molecule is O=C(NC1COc2ccccc2C1)N1CCN(C2=Nc3ccccc3Oc3ccccc32)CC1. The number of hydrogen-bond donors (Lipinski definition) is 1. The van der Waals surface area contributed by atoms with Crippen LogP contribution < -0.4 is 14.8 Å². The highest BCUT2D eigenvalue weighted by atomic mass is 16.5. The van der Waals surface area contributed by atoms with E-state index < -0.39 is 0 Å². The van der Waals surface area contributed by atoms with Crippen LogP contribution >= 0.6 is 0 Å². The van der Waals surface area contributed by atoms with Gasteiger partial charge in [-0.1, -0.05) is 42.5 Å². The van der Waals surface area contributed by atoms with Crippen molar-refractivity contribution < 1.29 is 14.3 Å². The zero-order valence-electron chi connectivity index (χ0n) is 18.8. The Morgan fingerprint density at radius 1 is 0.853 bits per heavy atom. The molecule has 2 amide bonds. The van der Waals surface area contributed by atoms with Gasteiger partial charge in [-0.3, -0.25) is 0 Å². The second-order valence-electron chi connectivity index (χ2n) is 8.74. The van der Waals surface area contributed by atoms with E-state index in [-0.39, 0.29) is 12.1 Å². The minimum atomic E-state index is -0.0375. The third-order valence-corrected chi connectivity index (χ3v) is 6.51. The van der Waals surface area contributed by atoms with E-state index in [1.165, 1.54) is 0 Å². The Morgan fingerprint density at radius 3 is 2.41 bits per heavy atom. The molecular weight excluding hydrogens is 428 g/mol. The van der Waals surface area contributed by atoms with Crippen molar-refractivity contribution in [1.82, 2.24) is 15.1 Å². The van der Waals surface area contributed by atoms with Crippen LogP contribution in [0.5, 0.6) is 17.2 Å². The van der Waals surface area contributed by atoms with Gasteiger partial charge in [0.2, 0.25) is 0 Å². The van der Waals surface area contributed by atoms with Crippen LogP contribution in [0, 0.1) is 0 Å². The number of ether oxygens (including phenoxy) is 2. The first-order valence-corrected chi connectivity index (χ1v) is 11.7. The molecule has 6 rings (SSSR count). The minimum Gasteiger partial charge on any atom is -0.491 e. The average molecular weight is 455 g/mol. The largest absolute Gasteiger partial charge is 0.491 e. The summed E-state index contributed by atoms with van der Waals surface area (Å²) in [5, 5.41) is 3.16. The fourth-order valence-corrected chi connectivity index (χ4v) is 4.72. The van der Waals surface area contributed by atoms with E-state index in [2.05, 4.69) is 16.3 Å². The summed E-state index contributed by atoms with van der Waals surface area (Å²) >= 11 is 0. The molecule has 1 saturated heterocycles. The first-order chi connectivity index (χ1) is 16.7. The third kappa shape index (κ3) is 3.94. The smallest absolute Gasteiger partial charge is 0.317 e. The highest BCUT2D eigenvalue weighted by Crippen LogP contribution is 2.37. The monoisotopic (exact) mass is 454 g/mol. The lowest BCUT2D eigenvalue weighted by molar-refractivity contribution is 0.158. The Bertz CT molecular complexity index is 1250. The van der Waals surface area contributed by atoms with Crippen molar-refractivity contribution in [3.63, 3.8) is 0 Å². The van der Waals surface area contributed by atoms with E-state index in [4.69, 9.17) is 14.5 Å². The fraction of sp³-hybridized carbons (Fsp3) is 0.259. The summed E-state index contributed by atoms with van der Waals surface area (Å²) in [6.07, 6.45) is 0.787. The Hall–Kier alpha value is -4.00. The maximum atomic E-state index is 13.0. The molecule has 0 radical (unpaired) electrons. The second-order valence-corrected chi connectivity index (χ2v) is 8.74. The Morgan fingerprint density at radius 2 is 1.56 bits per heavy atom. The summed E-state index contributed by atoms with van der Waals surface area (Å²) in [5.41, 5.74) is 2.91. The number of fused-ring (bicyclic) bond motifs is 3. The zero-order chi connectivity index (χ0) is 22.9. The van der Waals surface area contributed by atoms with Gasteiger partial charge < -0.3 is 24.6 Å². The number of piperazine rings is 1. The van der Waals surface area contributed by atoms with E-state index in [0.29, 0.717) is 32.8 Å². The molecule has 0 saturated carbocycles. The second kappa shape index (κ2) is 8.74. The molecule has 172 valence electrons. The lowest BCUT2D eigenvalue weighted by atomic mass is 10.0. The molecule has 0 aliphatic carbocycles. The molecule has 3 heterocycles. The Balaban J connectivity index is 1.14. The molecule has 3 aliphatic rings. The molecule has 1 atom stereocenters. The van der Waals surface area contributed by atoms with Gasteiger partial charge in [-0.2, -0.15) is 0 Å². The summed E-state index contributed by atoms with van der Waals surface area (Å²) in [5.74, 6) is 3.35. The van der Waals surface area contributed by atoms with Crippen molar-refractivity contribution in [3.8, 4) is 17.2 Å². The molecule has 7 nitrogen and oxygen atoms in total. The number of benzene rings is 3. The van der Waals surface area contributed by atoms with Gasteiger partial charge in [-0.25, -0.2) is 9.79 Å². The number of rotatable bonds is 1. The molecule has 7 heteroatoms. The number of amidine groups is 1. The number of nitrogens with one attached hydrogen (secondary N) is 1. The summed E-state index contributed by atoms with van der Waals surface area (Å²) < 4.78 is 12.0. The van der Waals surface area contributed by atoms with E-state index in [1.54, 1.807) is 0 Å². The molecular formula is C27H26N4O3. The number of nitrogens with zero attached hydrogens (tertiary/aromatic N) is 3. The number of aliphatic imine (C=N–C) groups is 1. The van der Waals surface area contributed by atoms with Crippen molar-refractivity contribution >= 4 is 17.6 Å². The van der Waals surface area contributed by atoms with Crippen LogP contribution in [-0.2, 0) is 6.42 Å². The summed E-state index contributed by atoms with van der Waals surface area (Å²) in [6.45, 7) is 3.15. The zero-order valence-corrected chi connectivity index (χ0v) is 18.8. The molecule has 0 bridgehead atoms. The van der Waals surface area contributed by atoms with Gasteiger partial charge in [0.25, 0.3) is 0 Å². The molecule has 1 fully saturated rings. The molecule has 3 aromatic carbocycles. The maximum Gasteiger partial charge on any atom is 0.317 e. The van der Waals surface area contributed by atoms with Crippen molar-refractivity contribution in [2.24, 2.45) is 4.99 Å². The van der Waals surface area contributed by atoms with Gasteiger partial charge in [-0.05, 0) is 42.3 Å². The molecule has 0 aromatic heterocycles. The van der Waals surface area contributed by atoms with Crippen LogP contribution in [0.2, 0.25) is 0 Å². The van der Waals surface area contributed by atoms with Crippen molar-refractivity contribution in [2.45, 2.75) is 12.5 Å². The standard InChI is InChI=1S/C27H26N4O3/c32-27(28-20-17-19-7-1-4-10-23(19)33-18-20)31-15-13-30(14-16-31)26-21-8-2-5-11-24(21)34-25-12-6-3-9-22(25)29-26/h1-12,20H,13-18H2,(H,28,32). The molecule has 3 aliphatic heterocycles.